The Kier molecular flexibility index (Phi) is 7.75. The van der Waals surface area contributed by atoms with E-state index < -0.39 is 32.4 Å². The SMILES string of the molecule is CN(C)S(=O)(=O)C(C(=O)OCc1ccccc1)(C(=O)C(C=O)c1ccccc1)c1ccccc1. The van der Waals surface area contributed by atoms with Gasteiger partial charge in [0.25, 0.3) is 4.75 Å². The predicted octanol–water partition coefficient (Wildman–Crippen LogP) is 3.07. The number of hydrogen-bond donors (Lipinski definition) is 0. The van der Waals surface area contributed by atoms with Gasteiger partial charge < -0.3 is 9.53 Å². The number of carbonyl (C=O) groups is 3. The average Bonchev–Trinajstić information content (AvgIpc) is 2.85. The molecule has 0 aliphatic carbocycles. The Balaban J connectivity index is 2.24. The molecule has 0 fully saturated rings. The van der Waals surface area contributed by atoms with Crippen molar-refractivity contribution in [2.24, 2.45) is 0 Å². The van der Waals surface area contributed by atoms with Crippen LogP contribution >= 0.6 is 0 Å². The van der Waals surface area contributed by atoms with Gasteiger partial charge in [0.2, 0.25) is 10.0 Å². The molecule has 3 aromatic carbocycles. The molecule has 0 aliphatic rings. The smallest absolute Gasteiger partial charge is 0.341 e. The van der Waals surface area contributed by atoms with E-state index >= 15 is 0 Å². The van der Waals surface area contributed by atoms with Crippen LogP contribution in [0.1, 0.15) is 22.6 Å². The summed E-state index contributed by atoms with van der Waals surface area (Å²) < 4.78 is 31.0. The van der Waals surface area contributed by atoms with Crippen LogP contribution in [0.2, 0.25) is 0 Å². The minimum Gasteiger partial charge on any atom is -0.459 e. The molecule has 2 unspecified atom stereocenters. The maximum atomic E-state index is 14.1. The number of ketones is 1. The van der Waals surface area contributed by atoms with Crippen molar-refractivity contribution in [2.45, 2.75) is 17.3 Å². The van der Waals surface area contributed by atoms with Crippen molar-refractivity contribution >= 4 is 28.1 Å². The molecule has 0 radical (unpaired) electrons. The van der Waals surface area contributed by atoms with Gasteiger partial charge in [0, 0.05) is 14.1 Å². The number of esters is 1. The Labute approximate surface area is 199 Å². The molecule has 0 heterocycles. The minimum atomic E-state index is -4.67. The zero-order valence-electron chi connectivity index (χ0n) is 18.8. The van der Waals surface area contributed by atoms with Crippen molar-refractivity contribution in [1.29, 1.82) is 0 Å². The lowest BCUT2D eigenvalue weighted by Gasteiger charge is -2.34. The highest BCUT2D eigenvalue weighted by Gasteiger charge is 2.62. The molecule has 0 saturated heterocycles. The zero-order chi connectivity index (χ0) is 24.8. The lowest BCUT2D eigenvalue weighted by molar-refractivity contribution is -0.152. The van der Waals surface area contributed by atoms with Gasteiger partial charge in [0.05, 0.1) is 0 Å². The largest absolute Gasteiger partial charge is 0.459 e. The Morgan fingerprint density at radius 1 is 0.882 bits per heavy atom. The molecular formula is C26H25NO6S. The normalized spacial score (nSPS) is 14.1. The molecule has 0 N–H and O–H groups in total. The van der Waals surface area contributed by atoms with Crippen LogP contribution in [0, 0.1) is 0 Å². The number of rotatable bonds is 10. The topological polar surface area (TPSA) is 97.8 Å². The Bertz CT molecular complexity index is 1240. The van der Waals surface area contributed by atoms with E-state index in [2.05, 4.69) is 0 Å². The number of sulfonamides is 1. The van der Waals surface area contributed by atoms with E-state index in [0.29, 0.717) is 11.8 Å². The van der Waals surface area contributed by atoms with E-state index in [9.17, 15) is 22.8 Å². The maximum Gasteiger partial charge on any atom is 0.341 e. The van der Waals surface area contributed by atoms with Gasteiger partial charge in [0.1, 0.15) is 18.8 Å². The number of aldehydes is 1. The van der Waals surface area contributed by atoms with Crippen LogP contribution in [-0.2, 0) is 40.5 Å². The van der Waals surface area contributed by atoms with Crippen LogP contribution in [-0.4, -0.2) is 44.9 Å². The first-order valence-corrected chi connectivity index (χ1v) is 11.9. The summed E-state index contributed by atoms with van der Waals surface area (Å²) >= 11 is 0. The van der Waals surface area contributed by atoms with Crippen molar-refractivity contribution in [3.63, 3.8) is 0 Å². The van der Waals surface area contributed by atoms with Crippen LogP contribution < -0.4 is 0 Å². The summed E-state index contributed by atoms with van der Waals surface area (Å²) in [6, 6.07) is 24.1. The fourth-order valence-corrected chi connectivity index (χ4v) is 5.32. The lowest BCUT2D eigenvalue weighted by Crippen LogP contribution is -2.57. The second-order valence-corrected chi connectivity index (χ2v) is 10.1. The summed E-state index contributed by atoms with van der Waals surface area (Å²) in [5, 5.41) is 0. The first-order valence-electron chi connectivity index (χ1n) is 10.5. The van der Waals surface area contributed by atoms with Crippen molar-refractivity contribution in [3.05, 3.63) is 108 Å². The quantitative estimate of drug-likeness (QED) is 0.252. The third-order valence-electron chi connectivity index (χ3n) is 5.47. The fourth-order valence-electron chi connectivity index (χ4n) is 3.68. The maximum absolute atomic E-state index is 14.1. The summed E-state index contributed by atoms with van der Waals surface area (Å²) in [4.78, 5) is 39.9. The molecule has 0 saturated carbocycles. The Morgan fingerprint density at radius 2 is 1.38 bits per heavy atom. The molecular weight excluding hydrogens is 454 g/mol. The number of ether oxygens (including phenoxy) is 1. The van der Waals surface area contributed by atoms with E-state index in [1.165, 1.54) is 50.5 Å². The summed E-state index contributed by atoms with van der Waals surface area (Å²) in [5.41, 5.74) is 0.782. The summed E-state index contributed by atoms with van der Waals surface area (Å²) in [6.45, 7) is -0.248. The summed E-state index contributed by atoms with van der Waals surface area (Å²) in [5.74, 6) is -3.89. The number of nitrogens with zero attached hydrogens (tertiary/aromatic N) is 1. The molecule has 7 nitrogen and oxygen atoms in total. The molecule has 0 spiro atoms. The second-order valence-electron chi connectivity index (χ2n) is 7.79. The van der Waals surface area contributed by atoms with Crippen LogP contribution in [0.25, 0.3) is 0 Å². The molecule has 0 aliphatic heterocycles. The third-order valence-corrected chi connectivity index (χ3v) is 7.81. The van der Waals surface area contributed by atoms with Gasteiger partial charge in [-0.2, -0.15) is 0 Å². The average molecular weight is 480 g/mol. The van der Waals surface area contributed by atoms with Gasteiger partial charge in [-0.3, -0.25) is 4.79 Å². The summed E-state index contributed by atoms with van der Waals surface area (Å²) in [6.07, 6.45) is 0.352. The highest BCUT2D eigenvalue weighted by atomic mass is 32.2. The molecule has 3 rings (SSSR count). The van der Waals surface area contributed by atoms with E-state index in [1.807, 2.05) is 0 Å². The zero-order valence-corrected chi connectivity index (χ0v) is 19.6. The van der Waals surface area contributed by atoms with Crippen LogP contribution in [0.3, 0.4) is 0 Å². The first-order chi connectivity index (χ1) is 16.3. The fraction of sp³-hybridized carbons (Fsp3) is 0.192. The second kappa shape index (κ2) is 10.5. The van der Waals surface area contributed by atoms with Crippen LogP contribution in [0.4, 0.5) is 0 Å². The predicted molar refractivity (Wildman–Crippen MR) is 127 cm³/mol. The number of carbonyl (C=O) groups excluding carboxylic acids is 3. The monoisotopic (exact) mass is 479 g/mol. The molecule has 0 aromatic heterocycles. The van der Waals surface area contributed by atoms with Crippen molar-refractivity contribution < 1.29 is 27.5 Å². The molecule has 34 heavy (non-hydrogen) atoms. The molecule has 176 valence electrons. The Hall–Kier alpha value is -3.62. The molecule has 2 atom stereocenters. The summed E-state index contributed by atoms with van der Waals surface area (Å²) in [7, 11) is -2.22. The molecule has 3 aromatic rings. The van der Waals surface area contributed by atoms with Gasteiger partial charge >= 0.3 is 5.97 Å². The Morgan fingerprint density at radius 3 is 1.88 bits per heavy atom. The van der Waals surface area contributed by atoms with E-state index in [0.717, 1.165) is 4.31 Å². The minimum absolute atomic E-state index is 0.102. The van der Waals surface area contributed by atoms with Crippen LogP contribution in [0.15, 0.2) is 91.0 Å². The van der Waals surface area contributed by atoms with Crippen LogP contribution in [0.5, 0.6) is 0 Å². The third kappa shape index (κ3) is 4.55. The highest BCUT2D eigenvalue weighted by Crippen LogP contribution is 2.39. The number of Topliss-reactive ketones (excluding diaryl/α,β-unsaturated/α-hetero) is 1. The lowest BCUT2D eigenvalue weighted by atomic mass is 9.83. The molecule has 8 heteroatoms. The molecule has 0 bridgehead atoms. The van der Waals surface area contributed by atoms with Gasteiger partial charge in [0.15, 0.2) is 5.78 Å². The van der Waals surface area contributed by atoms with Crippen molar-refractivity contribution in [1.82, 2.24) is 4.31 Å². The number of hydrogen-bond acceptors (Lipinski definition) is 6. The van der Waals surface area contributed by atoms with Gasteiger partial charge in [-0.1, -0.05) is 91.0 Å². The van der Waals surface area contributed by atoms with Gasteiger partial charge in [-0.05, 0) is 16.7 Å². The van der Waals surface area contributed by atoms with E-state index in [4.69, 9.17) is 4.74 Å². The van der Waals surface area contributed by atoms with E-state index in [-0.39, 0.29) is 17.7 Å². The number of benzene rings is 3. The van der Waals surface area contributed by atoms with Gasteiger partial charge in [-0.15, -0.1) is 0 Å². The van der Waals surface area contributed by atoms with Crippen molar-refractivity contribution in [3.8, 4) is 0 Å². The standard InChI is InChI=1S/C26H25NO6S/c1-27(2)34(31,32)26(22-16-10-5-11-17-22,25(30)33-19-20-12-6-3-7-13-20)24(29)23(18-28)21-14-8-4-9-15-21/h3-18,23H,19H2,1-2H3. The molecule has 0 amide bonds. The van der Waals surface area contributed by atoms with Crippen molar-refractivity contribution in [2.75, 3.05) is 14.1 Å². The first kappa shape index (κ1) is 25.0. The van der Waals surface area contributed by atoms with E-state index in [1.54, 1.807) is 54.6 Å². The highest BCUT2D eigenvalue weighted by molar-refractivity contribution is 7.91. The van der Waals surface area contributed by atoms with Gasteiger partial charge in [-0.25, -0.2) is 17.5 Å².